The highest BCUT2D eigenvalue weighted by molar-refractivity contribution is 6.30. The predicted octanol–water partition coefficient (Wildman–Crippen LogP) is 5.29. The fourth-order valence-electron chi connectivity index (χ4n) is 1.57. The molecule has 0 saturated carbocycles. The Balaban J connectivity index is 0.000000186. The maximum absolute atomic E-state index is 5.88. The smallest absolute Gasteiger partial charge is 0.0412 e. The average Bonchev–Trinajstić information content (AvgIpc) is 2.51. The van der Waals surface area contributed by atoms with E-state index in [2.05, 4.69) is 12.1 Å². The van der Waals surface area contributed by atoms with Crippen LogP contribution in [0, 0.1) is 12.1 Å². The molecule has 0 spiro atoms. The van der Waals surface area contributed by atoms with Crippen molar-refractivity contribution in [2.24, 2.45) is 0 Å². The molecule has 3 aromatic rings. The minimum absolute atomic E-state index is 0.759. The van der Waals surface area contributed by atoms with Gasteiger partial charge in [-0.15, -0.1) is 0 Å². The fraction of sp³-hybridized carbons (Fsp3) is 0. The molecule has 0 unspecified atom stereocenters. The highest BCUT2D eigenvalue weighted by Crippen LogP contribution is 2.21. The van der Waals surface area contributed by atoms with Gasteiger partial charge in [-0.1, -0.05) is 78.3 Å². The minimum atomic E-state index is 0.759. The monoisotopic (exact) mass is 264 g/mol. The molecule has 3 rings (SSSR count). The summed E-state index contributed by atoms with van der Waals surface area (Å²) in [5.41, 5.74) is 2.18. The van der Waals surface area contributed by atoms with Crippen LogP contribution >= 0.6 is 11.6 Å². The Hall–Kier alpha value is -2.05. The second-order valence-electron chi connectivity index (χ2n) is 3.86. The van der Waals surface area contributed by atoms with Crippen LogP contribution in [-0.2, 0) is 0 Å². The Morgan fingerprint density at radius 1 is 0.737 bits per heavy atom. The summed E-state index contributed by atoms with van der Waals surface area (Å²) in [4.78, 5) is 0. The molecule has 0 fully saturated rings. The SMILES string of the molecule is Clc1cccc(-c2[c]cccc2)c1.[c]1ccccc1. The van der Waals surface area contributed by atoms with Gasteiger partial charge in [0.25, 0.3) is 0 Å². The molecule has 2 radical (unpaired) electrons. The molecule has 92 valence electrons. The molecule has 0 bridgehead atoms. The Bertz CT molecular complexity index is 562. The van der Waals surface area contributed by atoms with Crippen molar-refractivity contribution >= 4 is 11.6 Å². The lowest BCUT2D eigenvalue weighted by Gasteiger charge is -2.00. The maximum atomic E-state index is 5.88. The van der Waals surface area contributed by atoms with Gasteiger partial charge in [0.2, 0.25) is 0 Å². The Kier molecular flexibility index (Phi) is 5.21. The van der Waals surface area contributed by atoms with Crippen molar-refractivity contribution in [3.63, 3.8) is 0 Å². The summed E-state index contributed by atoms with van der Waals surface area (Å²) >= 11 is 5.88. The van der Waals surface area contributed by atoms with Gasteiger partial charge in [-0.2, -0.15) is 0 Å². The van der Waals surface area contributed by atoms with E-state index in [4.69, 9.17) is 11.6 Å². The van der Waals surface area contributed by atoms with Crippen molar-refractivity contribution < 1.29 is 0 Å². The van der Waals surface area contributed by atoms with E-state index in [1.165, 1.54) is 0 Å². The van der Waals surface area contributed by atoms with E-state index >= 15 is 0 Å². The topological polar surface area (TPSA) is 0 Å². The van der Waals surface area contributed by atoms with Gasteiger partial charge in [0.15, 0.2) is 0 Å². The number of rotatable bonds is 1. The van der Waals surface area contributed by atoms with E-state index in [9.17, 15) is 0 Å². The standard InChI is InChI=1S/C12H8Cl.C6H5/c13-12-8-4-7-11(9-12)10-5-2-1-3-6-10;1-2-4-6-5-3-1/h1-5,7-9H;1-5H. The van der Waals surface area contributed by atoms with Crippen molar-refractivity contribution in [2.75, 3.05) is 0 Å². The van der Waals surface area contributed by atoms with Crippen LogP contribution in [-0.4, -0.2) is 0 Å². The van der Waals surface area contributed by atoms with Gasteiger partial charge < -0.3 is 0 Å². The van der Waals surface area contributed by atoms with E-state index in [1.54, 1.807) is 0 Å². The normalized spacial score (nSPS) is 9.32. The average molecular weight is 265 g/mol. The molecule has 19 heavy (non-hydrogen) atoms. The summed E-state index contributed by atoms with van der Waals surface area (Å²) in [6.45, 7) is 0. The third-order valence-corrected chi connectivity index (χ3v) is 2.69. The van der Waals surface area contributed by atoms with Crippen LogP contribution in [0.15, 0.2) is 78.9 Å². The zero-order chi connectivity index (χ0) is 13.3. The van der Waals surface area contributed by atoms with Crippen molar-refractivity contribution in [2.45, 2.75) is 0 Å². The quantitative estimate of drug-likeness (QED) is 0.560. The van der Waals surface area contributed by atoms with Gasteiger partial charge in [-0.05, 0) is 35.4 Å². The first kappa shape index (κ1) is 13.4. The van der Waals surface area contributed by atoms with Gasteiger partial charge in [0.05, 0.1) is 0 Å². The third-order valence-electron chi connectivity index (χ3n) is 2.45. The van der Waals surface area contributed by atoms with Crippen LogP contribution in [0.2, 0.25) is 5.02 Å². The summed E-state index contributed by atoms with van der Waals surface area (Å²) in [6, 6.07) is 31.3. The van der Waals surface area contributed by atoms with Crippen molar-refractivity contribution in [3.05, 3.63) is 96.0 Å². The van der Waals surface area contributed by atoms with Crippen LogP contribution in [0.5, 0.6) is 0 Å². The van der Waals surface area contributed by atoms with Gasteiger partial charge in [0.1, 0.15) is 0 Å². The third kappa shape index (κ3) is 4.61. The molecular weight excluding hydrogens is 252 g/mol. The van der Waals surface area contributed by atoms with E-state index < -0.39 is 0 Å². The zero-order valence-electron chi connectivity index (χ0n) is 10.4. The lowest BCUT2D eigenvalue weighted by atomic mass is 10.1. The summed E-state index contributed by atoms with van der Waals surface area (Å²) in [5.74, 6) is 0. The highest BCUT2D eigenvalue weighted by Gasteiger charge is 1.96. The van der Waals surface area contributed by atoms with Crippen LogP contribution < -0.4 is 0 Å². The van der Waals surface area contributed by atoms with E-state index in [1.807, 2.05) is 78.9 Å². The van der Waals surface area contributed by atoms with E-state index in [-0.39, 0.29) is 0 Å². The number of hydrogen-bond donors (Lipinski definition) is 0. The Morgan fingerprint density at radius 2 is 1.53 bits per heavy atom. The largest absolute Gasteiger partial charge is 0.0843 e. The molecule has 0 aliphatic rings. The highest BCUT2D eigenvalue weighted by atomic mass is 35.5. The van der Waals surface area contributed by atoms with Crippen molar-refractivity contribution in [1.29, 1.82) is 0 Å². The minimum Gasteiger partial charge on any atom is -0.0843 e. The molecule has 0 amide bonds. The molecule has 0 aromatic heterocycles. The lowest BCUT2D eigenvalue weighted by molar-refractivity contribution is 1.61. The first-order valence-electron chi connectivity index (χ1n) is 6.00. The molecule has 0 aliphatic heterocycles. The molecular formula is C18H13Cl. The van der Waals surface area contributed by atoms with Crippen LogP contribution in [0.3, 0.4) is 0 Å². The first-order chi connectivity index (χ1) is 9.36. The number of halogens is 1. The molecule has 0 aliphatic carbocycles. The summed E-state index contributed by atoms with van der Waals surface area (Å²) in [7, 11) is 0. The molecule has 0 heterocycles. The second-order valence-corrected chi connectivity index (χ2v) is 4.30. The van der Waals surface area contributed by atoms with Crippen LogP contribution in [0.4, 0.5) is 0 Å². The van der Waals surface area contributed by atoms with Gasteiger partial charge >= 0.3 is 0 Å². The van der Waals surface area contributed by atoms with Gasteiger partial charge in [-0.3, -0.25) is 0 Å². The molecule has 0 nitrogen and oxygen atoms in total. The van der Waals surface area contributed by atoms with E-state index in [0.29, 0.717) is 0 Å². The van der Waals surface area contributed by atoms with Crippen LogP contribution in [0.25, 0.3) is 11.1 Å². The maximum Gasteiger partial charge on any atom is 0.0412 e. The first-order valence-corrected chi connectivity index (χ1v) is 6.38. The Morgan fingerprint density at radius 3 is 2.05 bits per heavy atom. The summed E-state index contributed by atoms with van der Waals surface area (Å²) < 4.78 is 0. The zero-order valence-corrected chi connectivity index (χ0v) is 11.1. The summed E-state index contributed by atoms with van der Waals surface area (Å²) in [6.07, 6.45) is 0. The Labute approximate surface area is 119 Å². The molecule has 1 heteroatoms. The van der Waals surface area contributed by atoms with Gasteiger partial charge in [0, 0.05) is 5.02 Å². The van der Waals surface area contributed by atoms with Crippen molar-refractivity contribution in [1.82, 2.24) is 0 Å². The van der Waals surface area contributed by atoms with Crippen LogP contribution in [0.1, 0.15) is 0 Å². The van der Waals surface area contributed by atoms with Crippen molar-refractivity contribution in [3.8, 4) is 11.1 Å². The molecule has 3 aromatic carbocycles. The van der Waals surface area contributed by atoms with E-state index in [0.717, 1.165) is 16.1 Å². The lowest BCUT2D eigenvalue weighted by Crippen LogP contribution is -1.75. The fourth-order valence-corrected chi connectivity index (χ4v) is 1.76. The second kappa shape index (κ2) is 7.40. The number of benzene rings is 3. The molecule has 0 atom stereocenters. The summed E-state index contributed by atoms with van der Waals surface area (Å²) in [5, 5.41) is 0.759. The number of hydrogen-bond acceptors (Lipinski definition) is 0. The van der Waals surface area contributed by atoms with Gasteiger partial charge in [-0.25, -0.2) is 0 Å². The predicted molar refractivity (Wildman–Crippen MR) is 81.0 cm³/mol. The molecule has 0 saturated heterocycles. The molecule has 0 N–H and O–H groups in total.